The van der Waals surface area contributed by atoms with E-state index in [1.807, 2.05) is 0 Å². The van der Waals surface area contributed by atoms with Crippen LogP contribution in [0.25, 0.3) is 0 Å². The molecule has 0 aromatic rings. The Morgan fingerprint density at radius 1 is 1.64 bits per heavy atom. The maximum atomic E-state index is 10.8. The van der Waals surface area contributed by atoms with Gasteiger partial charge in [0.1, 0.15) is 6.61 Å². The number of carbonyl (C=O) groups is 2. The third-order valence-electron chi connectivity index (χ3n) is 1.05. The Balaban J connectivity index is 3.24. The van der Waals surface area contributed by atoms with Crippen molar-refractivity contribution < 1.29 is 14.3 Å². The maximum Gasteiger partial charge on any atom is 0.308 e. The van der Waals surface area contributed by atoms with Crippen LogP contribution < -0.4 is 5.32 Å². The average molecular weight is 159 g/mol. The predicted octanol–water partition coefficient (Wildman–Crippen LogP) is -0.0684. The van der Waals surface area contributed by atoms with Gasteiger partial charge in [-0.3, -0.25) is 9.59 Å². The van der Waals surface area contributed by atoms with Gasteiger partial charge in [-0.25, -0.2) is 0 Å². The van der Waals surface area contributed by atoms with Gasteiger partial charge in [-0.15, -0.1) is 0 Å². The molecule has 1 N–H and O–H groups in total. The largest absolute Gasteiger partial charge is 0.464 e. The van der Waals surface area contributed by atoms with Crippen LogP contribution in [0.4, 0.5) is 0 Å². The molecule has 0 aliphatic rings. The second kappa shape index (κ2) is 5.70. The SMILES string of the molecule is CC(C)C(=O)OCCNC=O. The summed E-state index contributed by atoms with van der Waals surface area (Å²) in [5.41, 5.74) is 0. The van der Waals surface area contributed by atoms with Crippen molar-refractivity contribution in [1.29, 1.82) is 0 Å². The predicted molar refractivity (Wildman–Crippen MR) is 39.9 cm³/mol. The molecule has 4 nitrogen and oxygen atoms in total. The molecule has 0 aliphatic carbocycles. The highest BCUT2D eigenvalue weighted by Gasteiger charge is 2.06. The summed E-state index contributed by atoms with van der Waals surface area (Å²) in [4.78, 5) is 20.5. The first-order valence-electron chi connectivity index (χ1n) is 3.52. The Morgan fingerprint density at radius 3 is 2.73 bits per heavy atom. The second-order valence-corrected chi connectivity index (χ2v) is 2.39. The van der Waals surface area contributed by atoms with E-state index in [4.69, 9.17) is 4.74 Å². The van der Waals surface area contributed by atoms with Gasteiger partial charge in [0, 0.05) is 0 Å². The monoisotopic (exact) mass is 159 g/mol. The standard InChI is InChI=1S/C7H13NO3/c1-6(2)7(10)11-4-3-8-5-9/h5-6H,3-4H2,1-2H3,(H,8,9). The van der Waals surface area contributed by atoms with Gasteiger partial charge in [0.15, 0.2) is 0 Å². The Hall–Kier alpha value is -1.06. The molecule has 0 saturated carbocycles. The molecule has 4 heteroatoms. The van der Waals surface area contributed by atoms with E-state index < -0.39 is 0 Å². The molecule has 0 aliphatic heterocycles. The van der Waals surface area contributed by atoms with Crippen LogP contribution in [-0.2, 0) is 14.3 Å². The van der Waals surface area contributed by atoms with Crippen LogP contribution in [0.2, 0.25) is 0 Å². The molecule has 0 atom stereocenters. The third-order valence-corrected chi connectivity index (χ3v) is 1.05. The lowest BCUT2D eigenvalue weighted by Crippen LogP contribution is -2.21. The summed E-state index contributed by atoms with van der Waals surface area (Å²) in [6.45, 7) is 4.14. The molecule has 0 radical (unpaired) electrons. The zero-order chi connectivity index (χ0) is 8.69. The van der Waals surface area contributed by atoms with E-state index in [-0.39, 0.29) is 18.5 Å². The zero-order valence-electron chi connectivity index (χ0n) is 6.79. The van der Waals surface area contributed by atoms with E-state index in [1.54, 1.807) is 13.8 Å². The quantitative estimate of drug-likeness (QED) is 0.347. The van der Waals surface area contributed by atoms with Crippen molar-refractivity contribution >= 4 is 12.4 Å². The van der Waals surface area contributed by atoms with E-state index in [0.29, 0.717) is 13.0 Å². The van der Waals surface area contributed by atoms with Crippen LogP contribution in [-0.4, -0.2) is 25.5 Å². The van der Waals surface area contributed by atoms with Gasteiger partial charge < -0.3 is 10.1 Å². The van der Waals surface area contributed by atoms with E-state index in [2.05, 4.69) is 5.32 Å². The number of carbonyl (C=O) groups excluding carboxylic acids is 2. The normalized spacial score (nSPS) is 9.36. The Kier molecular flexibility index (Phi) is 5.15. The summed E-state index contributed by atoms with van der Waals surface area (Å²) in [7, 11) is 0. The minimum absolute atomic E-state index is 0.105. The fourth-order valence-corrected chi connectivity index (χ4v) is 0.436. The summed E-state index contributed by atoms with van der Waals surface area (Å²) in [6, 6.07) is 0. The van der Waals surface area contributed by atoms with Crippen molar-refractivity contribution in [2.75, 3.05) is 13.2 Å². The molecule has 0 fully saturated rings. The minimum atomic E-state index is -0.238. The highest BCUT2D eigenvalue weighted by atomic mass is 16.5. The maximum absolute atomic E-state index is 10.8. The molecule has 0 saturated heterocycles. The smallest absolute Gasteiger partial charge is 0.308 e. The van der Waals surface area contributed by atoms with E-state index in [0.717, 1.165) is 0 Å². The number of nitrogens with one attached hydrogen (secondary N) is 1. The van der Waals surface area contributed by atoms with Gasteiger partial charge in [-0.05, 0) is 0 Å². The molecule has 0 heterocycles. The molecule has 0 rings (SSSR count). The van der Waals surface area contributed by atoms with Crippen molar-refractivity contribution in [3.63, 3.8) is 0 Å². The van der Waals surface area contributed by atoms with E-state index >= 15 is 0 Å². The topological polar surface area (TPSA) is 55.4 Å². The van der Waals surface area contributed by atoms with E-state index in [1.165, 1.54) is 0 Å². The number of ether oxygens (including phenoxy) is 1. The minimum Gasteiger partial charge on any atom is -0.464 e. The highest BCUT2D eigenvalue weighted by molar-refractivity contribution is 5.71. The lowest BCUT2D eigenvalue weighted by Gasteiger charge is -2.05. The molecule has 0 unspecified atom stereocenters. The van der Waals surface area contributed by atoms with Crippen LogP contribution in [0, 0.1) is 5.92 Å². The fourth-order valence-electron chi connectivity index (χ4n) is 0.436. The van der Waals surface area contributed by atoms with Crippen molar-refractivity contribution in [3.05, 3.63) is 0 Å². The van der Waals surface area contributed by atoms with Crippen LogP contribution in [0.5, 0.6) is 0 Å². The molecule has 11 heavy (non-hydrogen) atoms. The fraction of sp³-hybridized carbons (Fsp3) is 0.714. The van der Waals surface area contributed by atoms with Crippen molar-refractivity contribution in [3.8, 4) is 0 Å². The molecule has 64 valence electrons. The van der Waals surface area contributed by atoms with Crippen molar-refractivity contribution in [2.45, 2.75) is 13.8 Å². The summed E-state index contributed by atoms with van der Waals surface area (Å²) < 4.78 is 4.75. The Bertz CT molecular complexity index is 134. The number of amides is 1. The third kappa shape index (κ3) is 5.39. The van der Waals surface area contributed by atoms with Crippen LogP contribution >= 0.6 is 0 Å². The average Bonchev–Trinajstić information content (AvgIpc) is 1.97. The lowest BCUT2D eigenvalue weighted by molar-refractivity contribution is -0.147. The molecular weight excluding hydrogens is 146 g/mol. The van der Waals surface area contributed by atoms with Crippen molar-refractivity contribution in [1.82, 2.24) is 5.32 Å². The zero-order valence-corrected chi connectivity index (χ0v) is 6.79. The van der Waals surface area contributed by atoms with Gasteiger partial charge in [-0.1, -0.05) is 13.8 Å². The van der Waals surface area contributed by atoms with Crippen LogP contribution in [0.15, 0.2) is 0 Å². The summed E-state index contributed by atoms with van der Waals surface area (Å²) in [6.07, 6.45) is 0.573. The van der Waals surface area contributed by atoms with Crippen LogP contribution in [0.1, 0.15) is 13.8 Å². The summed E-state index contributed by atoms with van der Waals surface area (Å²) in [5.74, 6) is -0.344. The molecule has 0 bridgehead atoms. The van der Waals surface area contributed by atoms with Gasteiger partial charge in [0.05, 0.1) is 12.5 Å². The first kappa shape index (κ1) is 9.94. The molecule has 1 amide bonds. The van der Waals surface area contributed by atoms with Crippen molar-refractivity contribution in [2.24, 2.45) is 5.92 Å². The number of esters is 1. The van der Waals surface area contributed by atoms with Gasteiger partial charge in [0.2, 0.25) is 6.41 Å². The molecule has 0 spiro atoms. The van der Waals surface area contributed by atoms with Gasteiger partial charge in [-0.2, -0.15) is 0 Å². The molecule has 0 aromatic heterocycles. The van der Waals surface area contributed by atoms with Gasteiger partial charge >= 0.3 is 5.97 Å². The van der Waals surface area contributed by atoms with E-state index in [9.17, 15) is 9.59 Å². The number of rotatable bonds is 5. The number of hydrogen-bond donors (Lipinski definition) is 1. The Labute approximate surface area is 65.9 Å². The number of hydrogen-bond acceptors (Lipinski definition) is 3. The first-order chi connectivity index (χ1) is 5.18. The molecule has 0 aromatic carbocycles. The summed E-state index contributed by atoms with van der Waals surface area (Å²) >= 11 is 0. The molecular formula is C7H13NO3. The lowest BCUT2D eigenvalue weighted by atomic mass is 10.2. The summed E-state index contributed by atoms with van der Waals surface area (Å²) in [5, 5.41) is 2.38. The van der Waals surface area contributed by atoms with Gasteiger partial charge in [0.25, 0.3) is 0 Å². The second-order valence-electron chi connectivity index (χ2n) is 2.39. The Morgan fingerprint density at radius 2 is 2.27 bits per heavy atom. The first-order valence-corrected chi connectivity index (χ1v) is 3.52. The highest BCUT2D eigenvalue weighted by Crippen LogP contribution is 1.94. The van der Waals surface area contributed by atoms with Crippen LogP contribution in [0.3, 0.4) is 0 Å².